The third kappa shape index (κ3) is 2.90. The number of carbonyl (C=O) groups excluding carboxylic acids is 1. The zero-order chi connectivity index (χ0) is 14.8. The average Bonchev–Trinajstić information content (AvgIpc) is 2.89. The molecule has 2 N–H and O–H groups in total. The lowest BCUT2D eigenvalue weighted by molar-refractivity contribution is -0.141. The molecule has 0 saturated heterocycles. The number of nitrogens with zero attached hydrogens (tertiary/aromatic N) is 1. The van der Waals surface area contributed by atoms with E-state index in [4.69, 9.17) is 4.74 Å². The van der Waals surface area contributed by atoms with Crippen LogP contribution in [0.2, 0.25) is 0 Å². The second-order valence-electron chi connectivity index (χ2n) is 3.84. The van der Waals surface area contributed by atoms with Gasteiger partial charge in [0.1, 0.15) is 5.75 Å². The Morgan fingerprint density at radius 3 is 2.50 bits per heavy atom. The molecule has 8 heteroatoms. The minimum absolute atomic E-state index is 0.352. The Morgan fingerprint density at radius 1 is 1.30 bits per heavy atom. The Kier molecular flexibility index (Phi) is 3.64. The van der Waals surface area contributed by atoms with Crippen LogP contribution in [0.25, 0.3) is 0 Å². The van der Waals surface area contributed by atoms with Gasteiger partial charge < -0.3 is 10.1 Å². The van der Waals surface area contributed by atoms with E-state index in [9.17, 15) is 18.0 Å². The predicted molar refractivity (Wildman–Crippen MR) is 64.5 cm³/mol. The molecule has 106 valence electrons. The zero-order valence-electron chi connectivity index (χ0n) is 10.3. The van der Waals surface area contributed by atoms with E-state index in [0.29, 0.717) is 11.4 Å². The third-order valence-corrected chi connectivity index (χ3v) is 2.52. The van der Waals surface area contributed by atoms with Crippen molar-refractivity contribution >= 4 is 11.6 Å². The molecule has 20 heavy (non-hydrogen) atoms. The number of aromatic amines is 1. The molecule has 0 aliphatic rings. The van der Waals surface area contributed by atoms with E-state index in [-0.39, 0.29) is 0 Å². The topological polar surface area (TPSA) is 67.0 Å². The number of amides is 1. The standard InChI is InChI=1S/C12H10F3N3O2/c1-20-8-4-2-7(3-5-8)17-11(19)9-6-16-18-10(9)12(13,14)15/h2-6H,1H3,(H,16,18)(H,17,19). The fourth-order valence-electron chi connectivity index (χ4n) is 1.55. The van der Waals surface area contributed by atoms with Gasteiger partial charge in [0, 0.05) is 5.69 Å². The maximum absolute atomic E-state index is 12.6. The normalized spacial score (nSPS) is 11.2. The first-order valence-electron chi connectivity index (χ1n) is 5.48. The maximum Gasteiger partial charge on any atom is 0.433 e. The number of alkyl halides is 3. The van der Waals surface area contributed by atoms with Crippen LogP contribution in [0.1, 0.15) is 16.1 Å². The molecular weight excluding hydrogens is 275 g/mol. The fraction of sp³-hybridized carbons (Fsp3) is 0.167. The highest BCUT2D eigenvalue weighted by Crippen LogP contribution is 2.30. The summed E-state index contributed by atoms with van der Waals surface area (Å²) in [5, 5.41) is 7.38. The summed E-state index contributed by atoms with van der Waals surface area (Å²) in [5.41, 5.74) is -1.39. The summed E-state index contributed by atoms with van der Waals surface area (Å²) in [6.45, 7) is 0. The van der Waals surface area contributed by atoms with E-state index >= 15 is 0 Å². The molecule has 0 aliphatic heterocycles. The molecule has 2 aromatic rings. The zero-order valence-corrected chi connectivity index (χ0v) is 10.3. The van der Waals surface area contributed by atoms with E-state index in [1.165, 1.54) is 19.2 Å². The molecule has 0 radical (unpaired) electrons. The first kappa shape index (κ1) is 13.9. The van der Waals surface area contributed by atoms with Crippen LogP contribution in [0.4, 0.5) is 18.9 Å². The number of methoxy groups -OCH3 is 1. The van der Waals surface area contributed by atoms with Gasteiger partial charge in [-0.3, -0.25) is 9.89 Å². The van der Waals surface area contributed by atoms with Crippen molar-refractivity contribution in [3.8, 4) is 5.75 Å². The van der Waals surface area contributed by atoms with Crippen molar-refractivity contribution in [3.63, 3.8) is 0 Å². The molecule has 5 nitrogen and oxygen atoms in total. The Balaban J connectivity index is 2.18. The molecule has 0 unspecified atom stereocenters. The fourth-order valence-corrected chi connectivity index (χ4v) is 1.55. The summed E-state index contributed by atoms with van der Waals surface area (Å²) < 4.78 is 42.8. The molecule has 1 heterocycles. The molecule has 0 aliphatic carbocycles. The van der Waals surface area contributed by atoms with Gasteiger partial charge in [-0.2, -0.15) is 18.3 Å². The molecule has 1 aromatic heterocycles. The van der Waals surface area contributed by atoms with Gasteiger partial charge in [-0.25, -0.2) is 0 Å². The molecule has 0 saturated carbocycles. The summed E-state index contributed by atoms with van der Waals surface area (Å²) in [6, 6.07) is 6.19. The minimum atomic E-state index is -4.66. The number of ether oxygens (including phenoxy) is 1. The van der Waals surface area contributed by atoms with Gasteiger partial charge in [0.05, 0.1) is 18.9 Å². The quantitative estimate of drug-likeness (QED) is 0.911. The van der Waals surface area contributed by atoms with E-state index in [0.717, 1.165) is 6.20 Å². The average molecular weight is 285 g/mol. The number of aromatic nitrogens is 2. The molecule has 0 bridgehead atoms. The van der Waals surface area contributed by atoms with Gasteiger partial charge in [-0.1, -0.05) is 0 Å². The number of hydrogen-bond acceptors (Lipinski definition) is 3. The summed E-state index contributed by atoms with van der Waals surface area (Å²) in [4.78, 5) is 11.8. The van der Waals surface area contributed by atoms with Crippen LogP contribution >= 0.6 is 0 Å². The van der Waals surface area contributed by atoms with Crippen LogP contribution in [-0.4, -0.2) is 23.2 Å². The number of carbonyl (C=O) groups is 1. The monoisotopic (exact) mass is 285 g/mol. The van der Waals surface area contributed by atoms with Gasteiger partial charge in [0.15, 0.2) is 5.69 Å². The third-order valence-electron chi connectivity index (χ3n) is 2.52. The van der Waals surface area contributed by atoms with E-state index in [1.807, 2.05) is 0 Å². The lowest BCUT2D eigenvalue weighted by atomic mass is 10.2. The molecule has 0 spiro atoms. The van der Waals surface area contributed by atoms with E-state index in [1.54, 1.807) is 17.2 Å². The lowest BCUT2D eigenvalue weighted by Crippen LogP contribution is -2.17. The van der Waals surface area contributed by atoms with Crippen molar-refractivity contribution < 1.29 is 22.7 Å². The second kappa shape index (κ2) is 5.24. The van der Waals surface area contributed by atoms with Crippen molar-refractivity contribution in [1.29, 1.82) is 0 Å². The molecule has 1 aromatic carbocycles. The first-order chi connectivity index (χ1) is 9.41. The van der Waals surface area contributed by atoms with Crippen LogP contribution < -0.4 is 10.1 Å². The number of halogens is 3. The van der Waals surface area contributed by atoms with Crippen LogP contribution in [0.3, 0.4) is 0 Å². The second-order valence-corrected chi connectivity index (χ2v) is 3.84. The number of anilines is 1. The number of rotatable bonds is 3. The largest absolute Gasteiger partial charge is 0.497 e. The predicted octanol–water partition coefficient (Wildman–Crippen LogP) is 2.69. The van der Waals surface area contributed by atoms with Crippen molar-refractivity contribution in [1.82, 2.24) is 10.2 Å². The Morgan fingerprint density at radius 2 is 1.95 bits per heavy atom. The smallest absolute Gasteiger partial charge is 0.433 e. The molecule has 0 fully saturated rings. The SMILES string of the molecule is COc1ccc(NC(=O)c2cn[nH]c2C(F)(F)F)cc1. The Bertz CT molecular complexity index is 605. The first-order valence-corrected chi connectivity index (χ1v) is 5.48. The van der Waals surface area contributed by atoms with Gasteiger partial charge >= 0.3 is 6.18 Å². The maximum atomic E-state index is 12.6. The summed E-state index contributed by atoms with van der Waals surface area (Å²) >= 11 is 0. The summed E-state index contributed by atoms with van der Waals surface area (Å²) in [7, 11) is 1.48. The highest BCUT2D eigenvalue weighted by Gasteiger charge is 2.37. The van der Waals surface area contributed by atoms with E-state index < -0.39 is 23.3 Å². The molecule has 1 amide bonds. The minimum Gasteiger partial charge on any atom is -0.497 e. The van der Waals surface area contributed by atoms with Crippen LogP contribution in [-0.2, 0) is 6.18 Å². The Hall–Kier alpha value is -2.51. The van der Waals surface area contributed by atoms with Crippen LogP contribution in [0.5, 0.6) is 5.75 Å². The van der Waals surface area contributed by atoms with Crippen molar-refractivity contribution in [3.05, 3.63) is 41.7 Å². The van der Waals surface area contributed by atoms with Crippen molar-refractivity contribution in [2.24, 2.45) is 0 Å². The van der Waals surface area contributed by atoms with Crippen molar-refractivity contribution in [2.45, 2.75) is 6.18 Å². The van der Waals surface area contributed by atoms with Crippen LogP contribution in [0, 0.1) is 0 Å². The lowest BCUT2D eigenvalue weighted by Gasteiger charge is -2.08. The van der Waals surface area contributed by atoms with Gasteiger partial charge in [0.2, 0.25) is 0 Å². The summed E-state index contributed by atoms with van der Waals surface area (Å²) in [5.74, 6) is -0.321. The highest BCUT2D eigenvalue weighted by molar-refractivity contribution is 6.05. The molecule has 2 rings (SSSR count). The van der Waals surface area contributed by atoms with E-state index in [2.05, 4.69) is 10.4 Å². The van der Waals surface area contributed by atoms with Gasteiger partial charge in [-0.15, -0.1) is 0 Å². The highest BCUT2D eigenvalue weighted by atomic mass is 19.4. The number of H-pyrrole nitrogens is 1. The van der Waals surface area contributed by atoms with Crippen molar-refractivity contribution in [2.75, 3.05) is 12.4 Å². The number of benzene rings is 1. The summed E-state index contributed by atoms with van der Waals surface area (Å²) in [6.07, 6.45) is -3.83. The molecule has 0 atom stereocenters. The van der Waals surface area contributed by atoms with Crippen LogP contribution in [0.15, 0.2) is 30.5 Å². The number of nitrogens with one attached hydrogen (secondary N) is 2. The Labute approximate surface area is 111 Å². The van der Waals surface area contributed by atoms with Gasteiger partial charge in [-0.05, 0) is 24.3 Å². The van der Waals surface area contributed by atoms with Gasteiger partial charge in [0.25, 0.3) is 5.91 Å². The number of hydrogen-bond donors (Lipinski definition) is 2. The molecular formula is C12H10F3N3O2.